The van der Waals surface area contributed by atoms with Crippen LogP contribution in [0.15, 0.2) is 28.7 Å². The maximum absolute atomic E-state index is 13.0. The number of hydrogen-bond donors (Lipinski definition) is 2. The second kappa shape index (κ2) is 6.60. The Bertz CT molecular complexity index is 1080. The first kappa shape index (κ1) is 18.7. The fourth-order valence-electron chi connectivity index (χ4n) is 4.39. The summed E-state index contributed by atoms with van der Waals surface area (Å²) in [6.07, 6.45) is 0.800. The van der Waals surface area contributed by atoms with Crippen LogP contribution in [-0.2, 0) is 29.8 Å². The molecule has 156 valence electrons. The van der Waals surface area contributed by atoms with Crippen LogP contribution in [0.2, 0.25) is 0 Å². The zero-order valence-electron chi connectivity index (χ0n) is 16.8. The lowest BCUT2D eigenvalue weighted by atomic mass is 9.94. The van der Waals surface area contributed by atoms with Gasteiger partial charge in [-0.3, -0.25) is 19.8 Å². The zero-order chi connectivity index (χ0) is 21.0. The fourth-order valence-corrected chi connectivity index (χ4v) is 4.39. The van der Waals surface area contributed by atoms with Crippen molar-refractivity contribution in [2.75, 3.05) is 27.2 Å². The monoisotopic (exact) mass is 410 g/mol. The topological polar surface area (TPSA) is 104 Å². The van der Waals surface area contributed by atoms with E-state index in [4.69, 9.17) is 9.15 Å². The molecule has 1 aromatic carbocycles. The van der Waals surface area contributed by atoms with Crippen LogP contribution in [0.25, 0.3) is 0 Å². The molecule has 5 rings (SSSR count). The molecule has 0 bridgehead atoms. The number of methoxy groups -OCH3 is 1. The van der Waals surface area contributed by atoms with E-state index in [1.165, 1.54) is 0 Å². The SMILES string of the molecule is COc1ccc2c(c1)C(=O)N(CC1(c3cc4c(o3)CN(C)CC4)NC(=O)NC1=O)C2. The van der Waals surface area contributed by atoms with Crippen LogP contribution in [0.3, 0.4) is 0 Å². The van der Waals surface area contributed by atoms with Gasteiger partial charge in [0, 0.05) is 18.7 Å². The number of furan rings is 1. The molecule has 1 saturated heterocycles. The number of ether oxygens (including phenoxy) is 1. The summed E-state index contributed by atoms with van der Waals surface area (Å²) in [4.78, 5) is 41.7. The fraction of sp³-hybridized carbons (Fsp3) is 0.381. The van der Waals surface area contributed by atoms with Gasteiger partial charge in [0.2, 0.25) is 0 Å². The van der Waals surface area contributed by atoms with Crippen molar-refractivity contribution in [1.82, 2.24) is 20.4 Å². The highest BCUT2D eigenvalue weighted by atomic mass is 16.5. The number of hydrogen-bond acceptors (Lipinski definition) is 6. The Morgan fingerprint density at radius 1 is 1.17 bits per heavy atom. The van der Waals surface area contributed by atoms with Crippen LogP contribution >= 0.6 is 0 Å². The predicted molar refractivity (Wildman–Crippen MR) is 105 cm³/mol. The Hall–Kier alpha value is -3.33. The first-order valence-corrected chi connectivity index (χ1v) is 9.80. The van der Waals surface area contributed by atoms with E-state index in [0.717, 1.165) is 29.9 Å². The normalized spacial score (nSPS) is 23.3. The van der Waals surface area contributed by atoms with E-state index in [1.807, 2.05) is 19.2 Å². The van der Waals surface area contributed by atoms with Gasteiger partial charge in [0.15, 0.2) is 5.54 Å². The van der Waals surface area contributed by atoms with Gasteiger partial charge in [-0.1, -0.05) is 6.07 Å². The Kier molecular flexibility index (Phi) is 4.11. The predicted octanol–water partition coefficient (Wildman–Crippen LogP) is 0.967. The molecular weight excluding hydrogens is 388 g/mol. The lowest BCUT2D eigenvalue weighted by molar-refractivity contribution is -0.125. The molecule has 2 N–H and O–H groups in total. The molecule has 1 aromatic heterocycles. The van der Waals surface area contributed by atoms with E-state index in [0.29, 0.717) is 30.2 Å². The van der Waals surface area contributed by atoms with Crippen LogP contribution in [-0.4, -0.2) is 54.9 Å². The van der Waals surface area contributed by atoms with Gasteiger partial charge >= 0.3 is 6.03 Å². The van der Waals surface area contributed by atoms with E-state index in [9.17, 15) is 14.4 Å². The molecule has 0 spiro atoms. The molecule has 30 heavy (non-hydrogen) atoms. The Labute approximate surface area is 172 Å². The summed E-state index contributed by atoms with van der Waals surface area (Å²) in [7, 11) is 3.54. The number of nitrogens with zero attached hydrogens (tertiary/aromatic N) is 2. The van der Waals surface area contributed by atoms with Crippen molar-refractivity contribution in [2.45, 2.75) is 25.0 Å². The summed E-state index contributed by atoms with van der Waals surface area (Å²) >= 11 is 0. The van der Waals surface area contributed by atoms with Gasteiger partial charge in [0.05, 0.1) is 20.2 Å². The zero-order valence-corrected chi connectivity index (χ0v) is 16.8. The molecule has 1 unspecified atom stereocenters. The summed E-state index contributed by atoms with van der Waals surface area (Å²) in [6, 6.07) is 6.57. The Morgan fingerprint density at radius 2 is 2.00 bits per heavy atom. The molecule has 0 saturated carbocycles. The number of rotatable bonds is 4. The Balaban J connectivity index is 1.50. The minimum Gasteiger partial charge on any atom is -0.497 e. The third kappa shape index (κ3) is 2.77. The summed E-state index contributed by atoms with van der Waals surface area (Å²) in [5.74, 6) is 0.996. The first-order valence-electron chi connectivity index (χ1n) is 9.80. The van der Waals surface area contributed by atoms with Crippen molar-refractivity contribution in [3.8, 4) is 5.75 Å². The minimum absolute atomic E-state index is 0.0252. The van der Waals surface area contributed by atoms with Gasteiger partial charge in [0.25, 0.3) is 11.8 Å². The van der Waals surface area contributed by atoms with E-state index in [1.54, 1.807) is 24.1 Å². The van der Waals surface area contributed by atoms with Crippen LogP contribution in [0.1, 0.15) is 33.0 Å². The van der Waals surface area contributed by atoms with Crippen molar-refractivity contribution in [3.63, 3.8) is 0 Å². The summed E-state index contributed by atoms with van der Waals surface area (Å²) in [5.41, 5.74) is 0.947. The second-order valence-electron chi connectivity index (χ2n) is 8.04. The maximum atomic E-state index is 13.0. The van der Waals surface area contributed by atoms with E-state index >= 15 is 0 Å². The Morgan fingerprint density at radius 3 is 2.73 bits per heavy atom. The van der Waals surface area contributed by atoms with Gasteiger partial charge in [-0.05, 0) is 42.8 Å². The van der Waals surface area contributed by atoms with Crippen LogP contribution in [0, 0.1) is 0 Å². The number of carbonyl (C=O) groups excluding carboxylic acids is 3. The van der Waals surface area contributed by atoms with E-state index in [2.05, 4.69) is 15.5 Å². The van der Waals surface area contributed by atoms with Gasteiger partial charge in [-0.15, -0.1) is 0 Å². The molecule has 0 radical (unpaired) electrons. The summed E-state index contributed by atoms with van der Waals surface area (Å²) < 4.78 is 11.3. The number of imide groups is 1. The molecule has 9 nitrogen and oxygen atoms in total. The van der Waals surface area contributed by atoms with Gasteiger partial charge in [-0.25, -0.2) is 4.79 Å². The lowest BCUT2D eigenvalue weighted by Gasteiger charge is -2.29. The molecule has 9 heteroatoms. The molecule has 2 aromatic rings. The van der Waals surface area contributed by atoms with E-state index in [-0.39, 0.29) is 12.5 Å². The number of likely N-dealkylation sites (N-methyl/N-ethyl adjacent to an activating group) is 1. The molecule has 0 aliphatic carbocycles. The van der Waals surface area contributed by atoms with Crippen LogP contribution in [0.5, 0.6) is 5.75 Å². The second-order valence-corrected chi connectivity index (χ2v) is 8.04. The summed E-state index contributed by atoms with van der Waals surface area (Å²) in [6.45, 7) is 1.84. The van der Waals surface area contributed by atoms with Crippen molar-refractivity contribution in [1.29, 1.82) is 0 Å². The molecule has 3 aliphatic heterocycles. The van der Waals surface area contributed by atoms with Gasteiger partial charge in [0.1, 0.15) is 17.3 Å². The molecule has 4 amide bonds. The number of nitrogens with one attached hydrogen (secondary N) is 2. The quantitative estimate of drug-likeness (QED) is 0.728. The molecule has 1 fully saturated rings. The van der Waals surface area contributed by atoms with Crippen molar-refractivity contribution >= 4 is 17.8 Å². The summed E-state index contributed by atoms with van der Waals surface area (Å²) in [5, 5.41) is 5.03. The highest BCUT2D eigenvalue weighted by Crippen LogP contribution is 2.35. The smallest absolute Gasteiger partial charge is 0.322 e. The number of benzene rings is 1. The van der Waals surface area contributed by atoms with E-state index < -0.39 is 17.5 Å². The molecular formula is C21H22N4O5. The molecule has 3 aliphatic rings. The number of carbonyl (C=O) groups is 3. The third-order valence-electron chi connectivity index (χ3n) is 6.06. The highest BCUT2D eigenvalue weighted by molar-refractivity contribution is 6.08. The number of amides is 4. The average Bonchev–Trinajstić information content (AvgIpc) is 3.36. The first-order chi connectivity index (χ1) is 14.4. The maximum Gasteiger partial charge on any atom is 0.322 e. The third-order valence-corrected chi connectivity index (χ3v) is 6.06. The number of fused-ring (bicyclic) bond motifs is 2. The standard InChI is InChI=1S/C21H22N4O5/c1-24-6-5-12-7-17(30-16(12)10-24)21(19(27)22-20(28)23-21)11-25-9-13-3-4-14(29-2)8-15(13)18(25)26/h3-4,7-8H,5-6,9-11H2,1-2H3,(H2,22,23,27,28). The highest BCUT2D eigenvalue weighted by Gasteiger charge is 2.53. The molecule has 1 atom stereocenters. The van der Waals surface area contributed by atoms with Gasteiger partial charge < -0.3 is 19.4 Å². The van der Waals surface area contributed by atoms with Crippen LogP contribution < -0.4 is 15.4 Å². The van der Waals surface area contributed by atoms with Crippen molar-refractivity contribution in [2.24, 2.45) is 0 Å². The van der Waals surface area contributed by atoms with Crippen LogP contribution in [0.4, 0.5) is 4.79 Å². The van der Waals surface area contributed by atoms with Crippen molar-refractivity contribution < 1.29 is 23.5 Å². The largest absolute Gasteiger partial charge is 0.497 e. The van der Waals surface area contributed by atoms with Gasteiger partial charge in [-0.2, -0.15) is 0 Å². The number of urea groups is 1. The average molecular weight is 410 g/mol. The molecule has 4 heterocycles. The van der Waals surface area contributed by atoms with Crippen molar-refractivity contribution in [3.05, 3.63) is 52.5 Å². The lowest BCUT2D eigenvalue weighted by Crippen LogP contribution is -2.52. The minimum atomic E-state index is -1.46.